The van der Waals surface area contributed by atoms with Crippen molar-refractivity contribution < 1.29 is 5.11 Å². The van der Waals surface area contributed by atoms with E-state index >= 15 is 0 Å². The lowest BCUT2D eigenvalue weighted by atomic mass is 9.90. The van der Waals surface area contributed by atoms with Crippen LogP contribution in [0.1, 0.15) is 23.7 Å². The zero-order valence-corrected chi connectivity index (χ0v) is 7.83. The second kappa shape index (κ2) is 3.25. The number of halogens is 1. The predicted molar refractivity (Wildman–Crippen MR) is 50.5 cm³/mol. The molecule has 1 aromatic rings. The summed E-state index contributed by atoms with van der Waals surface area (Å²) in [6, 6.07) is 3.24. The van der Waals surface area contributed by atoms with Gasteiger partial charge in [0.15, 0.2) is 0 Å². The van der Waals surface area contributed by atoms with Crippen LogP contribution in [0.25, 0.3) is 0 Å². The van der Waals surface area contributed by atoms with E-state index < -0.39 is 6.10 Å². The molecule has 0 saturated carbocycles. The van der Waals surface area contributed by atoms with Crippen LogP contribution in [0.15, 0.2) is 12.1 Å². The van der Waals surface area contributed by atoms with Crippen molar-refractivity contribution in [1.29, 1.82) is 0 Å². The SMILES string of the molecule is N[C@@H]1c2ccc(Cl)nc2CC[C@H]1O. The highest BCUT2D eigenvalue weighted by Crippen LogP contribution is 2.27. The summed E-state index contributed by atoms with van der Waals surface area (Å²) in [5, 5.41) is 10.00. The summed E-state index contributed by atoms with van der Waals surface area (Å²) in [6.07, 6.45) is 0.974. The molecule has 2 atom stereocenters. The molecule has 0 amide bonds. The number of nitrogens with zero attached hydrogens (tertiary/aromatic N) is 1. The van der Waals surface area contributed by atoms with E-state index in [1.54, 1.807) is 6.07 Å². The Morgan fingerprint density at radius 2 is 2.31 bits per heavy atom. The Morgan fingerprint density at radius 3 is 3.08 bits per heavy atom. The normalized spacial score (nSPS) is 27.0. The molecule has 2 rings (SSSR count). The lowest BCUT2D eigenvalue weighted by molar-refractivity contribution is 0.127. The van der Waals surface area contributed by atoms with Gasteiger partial charge in [-0.25, -0.2) is 4.98 Å². The largest absolute Gasteiger partial charge is 0.391 e. The Hall–Kier alpha value is -0.640. The van der Waals surface area contributed by atoms with E-state index in [0.29, 0.717) is 11.6 Å². The van der Waals surface area contributed by atoms with Crippen LogP contribution in [-0.2, 0) is 6.42 Å². The Kier molecular flexibility index (Phi) is 2.24. The second-order valence-electron chi connectivity index (χ2n) is 3.30. The van der Waals surface area contributed by atoms with Crippen LogP contribution in [0.3, 0.4) is 0 Å². The number of nitrogens with two attached hydrogens (primary N) is 1. The van der Waals surface area contributed by atoms with E-state index in [9.17, 15) is 5.11 Å². The van der Waals surface area contributed by atoms with Crippen LogP contribution in [0, 0.1) is 0 Å². The molecule has 0 bridgehead atoms. The van der Waals surface area contributed by atoms with E-state index in [0.717, 1.165) is 17.7 Å². The summed E-state index contributed by atoms with van der Waals surface area (Å²) in [7, 11) is 0. The average Bonchev–Trinajstić information content (AvgIpc) is 2.12. The van der Waals surface area contributed by atoms with Gasteiger partial charge in [-0.1, -0.05) is 17.7 Å². The molecule has 1 aliphatic carbocycles. The topological polar surface area (TPSA) is 59.1 Å². The number of aryl methyl sites for hydroxylation is 1. The summed E-state index contributed by atoms with van der Waals surface area (Å²) < 4.78 is 0. The van der Waals surface area contributed by atoms with Gasteiger partial charge in [0.1, 0.15) is 5.15 Å². The number of hydrogen-bond donors (Lipinski definition) is 2. The second-order valence-corrected chi connectivity index (χ2v) is 3.69. The zero-order valence-electron chi connectivity index (χ0n) is 7.07. The summed E-state index contributed by atoms with van der Waals surface area (Å²) in [4.78, 5) is 4.17. The van der Waals surface area contributed by atoms with E-state index in [-0.39, 0.29) is 6.04 Å². The molecule has 0 spiro atoms. The highest BCUT2D eigenvalue weighted by Gasteiger charge is 2.25. The molecule has 0 aliphatic heterocycles. The molecule has 70 valence electrons. The fourth-order valence-corrected chi connectivity index (χ4v) is 1.83. The Bertz CT molecular complexity index is 329. The molecule has 3 N–H and O–H groups in total. The van der Waals surface area contributed by atoms with Crippen molar-refractivity contribution in [3.05, 3.63) is 28.5 Å². The first-order valence-electron chi connectivity index (χ1n) is 4.27. The Morgan fingerprint density at radius 1 is 1.54 bits per heavy atom. The zero-order chi connectivity index (χ0) is 9.42. The first-order valence-corrected chi connectivity index (χ1v) is 4.65. The van der Waals surface area contributed by atoms with E-state index in [1.807, 2.05) is 6.07 Å². The number of rotatable bonds is 0. The van der Waals surface area contributed by atoms with Gasteiger partial charge in [-0.05, 0) is 24.5 Å². The minimum atomic E-state index is -0.449. The first kappa shape index (κ1) is 8.94. The van der Waals surface area contributed by atoms with Gasteiger partial charge < -0.3 is 10.8 Å². The third-order valence-corrected chi connectivity index (χ3v) is 2.64. The van der Waals surface area contributed by atoms with Gasteiger partial charge in [0.05, 0.1) is 12.1 Å². The highest BCUT2D eigenvalue weighted by atomic mass is 35.5. The maximum Gasteiger partial charge on any atom is 0.129 e. The minimum Gasteiger partial charge on any atom is -0.391 e. The molecule has 1 aliphatic rings. The van der Waals surface area contributed by atoms with Crippen molar-refractivity contribution in [2.24, 2.45) is 5.73 Å². The highest BCUT2D eigenvalue weighted by molar-refractivity contribution is 6.29. The van der Waals surface area contributed by atoms with Crippen molar-refractivity contribution in [3.63, 3.8) is 0 Å². The van der Waals surface area contributed by atoms with Crippen LogP contribution in [0.5, 0.6) is 0 Å². The quantitative estimate of drug-likeness (QED) is 0.613. The molecule has 4 heteroatoms. The molecule has 13 heavy (non-hydrogen) atoms. The number of aromatic nitrogens is 1. The van der Waals surface area contributed by atoms with Crippen LogP contribution < -0.4 is 5.73 Å². The molecule has 0 aromatic carbocycles. The van der Waals surface area contributed by atoms with Crippen LogP contribution >= 0.6 is 11.6 Å². The van der Waals surface area contributed by atoms with Crippen molar-refractivity contribution in [3.8, 4) is 0 Å². The molecule has 0 fully saturated rings. The predicted octanol–water partition coefficient (Wildman–Crippen LogP) is 1.04. The number of fused-ring (bicyclic) bond motifs is 1. The van der Waals surface area contributed by atoms with E-state index in [1.165, 1.54) is 0 Å². The monoisotopic (exact) mass is 198 g/mol. The van der Waals surface area contributed by atoms with Crippen molar-refractivity contribution >= 4 is 11.6 Å². The van der Waals surface area contributed by atoms with Gasteiger partial charge in [-0.3, -0.25) is 0 Å². The third kappa shape index (κ3) is 1.55. The molecular formula is C9H11ClN2O. The molecular weight excluding hydrogens is 188 g/mol. The van der Waals surface area contributed by atoms with E-state index in [4.69, 9.17) is 17.3 Å². The van der Waals surface area contributed by atoms with Crippen LogP contribution in [0.2, 0.25) is 5.15 Å². The van der Waals surface area contributed by atoms with Gasteiger partial charge in [-0.2, -0.15) is 0 Å². The lowest BCUT2D eigenvalue weighted by Crippen LogP contribution is -2.31. The maximum atomic E-state index is 9.51. The van der Waals surface area contributed by atoms with Gasteiger partial charge in [0.2, 0.25) is 0 Å². The summed E-state index contributed by atoms with van der Waals surface area (Å²) >= 11 is 5.75. The standard InChI is InChI=1S/C9H11ClN2O/c10-8-4-1-5-6(12-8)2-3-7(13)9(5)11/h1,4,7,9,13H,2-3,11H2/t7-,9-/m1/s1. The summed E-state index contributed by atoms with van der Waals surface area (Å²) in [6.45, 7) is 0. The Balaban J connectivity index is 2.44. The minimum absolute atomic E-state index is 0.312. The number of pyridine rings is 1. The van der Waals surface area contributed by atoms with E-state index in [2.05, 4.69) is 4.98 Å². The van der Waals surface area contributed by atoms with Crippen molar-refractivity contribution in [2.45, 2.75) is 25.0 Å². The van der Waals surface area contributed by atoms with Crippen molar-refractivity contribution in [2.75, 3.05) is 0 Å². The van der Waals surface area contributed by atoms with Crippen LogP contribution in [-0.4, -0.2) is 16.2 Å². The fourth-order valence-electron chi connectivity index (χ4n) is 1.66. The summed E-state index contributed by atoms with van der Waals surface area (Å²) in [5.41, 5.74) is 7.65. The average molecular weight is 199 g/mol. The molecule has 3 nitrogen and oxygen atoms in total. The van der Waals surface area contributed by atoms with Gasteiger partial charge in [-0.15, -0.1) is 0 Å². The molecule has 0 saturated heterocycles. The third-order valence-electron chi connectivity index (χ3n) is 2.43. The maximum absolute atomic E-state index is 9.51. The van der Waals surface area contributed by atoms with Gasteiger partial charge in [0.25, 0.3) is 0 Å². The first-order chi connectivity index (χ1) is 6.18. The molecule has 1 aromatic heterocycles. The molecule has 0 unspecified atom stereocenters. The number of aliphatic hydroxyl groups is 1. The number of aliphatic hydroxyl groups excluding tert-OH is 1. The number of hydrogen-bond acceptors (Lipinski definition) is 3. The molecule has 1 heterocycles. The molecule has 0 radical (unpaired) electrons. The summed E-state index contributed by atoms with van der Waals surface area (Å²) in [5.74, 6) is 0. The fraction of sp³-hybridized carbons (Fsp3) is 0.444. The van der Waals surface area contributed by atoms with Gasteiger partial charge in [0, 0.05) is 5.69 Å². The lowest BCUT2D eigenvalue weighted by Gasteiger charge is -2.26. The Labute approximate surface area is 81.5 Å². The van der Waals surface area contributed by atoms with Crippen LogP contribution in [0.4, 0.5) is 0 Å². The van der Waals surface area contributed by atoms with Gasteiger partial charge >= 0.3 is 0 Å². The smallest absolute Gasteiger partial charge is 0.129 e. The van der Waals surface area contributed by atoms with Crippen molar-refractivity contribution in [1.82, 2.24) is 4.98 Å².